The quantitative estimate of drug-likeness (QED) is 0.452. The Bertz CT molecular complexity index is 1190. The van der Waals surface area contributed by atoms with Crippen molar-refractivity contribution in [3.63, 3.8) is 0 Å². The number of fused-ring (bicyclic) bond motifs is 1. The molecule has 4 aromatic heterocycles. The van der Waals surface area contributed by atoms with Gasteiger partial charge < -0.3 is 10.1 Å². The van der Waals surface area contributed by atoms with Gasteiger partial charge in [0.2, 0.25) is 0 Å². The highest BCUT2D eigenvalue weighted by molar-refractivity contribution is 5.93. The molecule has 31 heavy (non-hydrogen) atoms. The molecule has 4 rings (SSSR count). The lowest BCUT2D eigenvalue weighted by molar-refractivity contribution is 0.340. The standard InChI is InChI=1S/C23H29N7O/c1-6-15(3)30-23-20(25-11-17-12-26-29(5)14-17)10-19(27-22(23)16(4)28-30)18-8-9-24-13-21(18)31-7-2/h8-10,12-15H,6-7,11H2,1-5H3,(H,25,27)/t15-/m1/s1. The first-order chi connectivity index (χ1) is 15.0. The maximum Gasteiger partial charge on any atom is 0.146 e. The van der Waals surface area contributed by atoms with Gasteiger partial charge in [0.15, 0.2) is 0 Å². The first-order valence-corrected chi connectivity index (χ1v) is 10.7. The van der Waals surface area contributed by atoms with E-state index >= 15 is 0 Å². The number of anilines is 1. The zero-order valence-corrected chi connectivity index (χ0v) is 18.8. The average Bonchev–Trinajstić information content (AvgIpc) is 3.35. The van der Waals surface area contributed by atoms with Crippen molar-refractivity contribution in [3.8, 4) is 17.0 Å². The van der Waals surface area contributed by atoms with E-state index in [0.29, 0.717) is 13.2 Å². The Hall–Kier alpha value is -3.42. The molecule has 0 unspecified atom stereocenters. The number of ether oxygens (including phenoxy) is 1. The number of nitrogens with zero attached hydrogens (tertiary/aromatic N) is 6. The number of hydrogen-bond donors (Lipinski definition) is 1. The molecule has 1 N–H and O–H groups in total. The second-order valence-electron chi connectivity index (χ2n) is 7.72. The van der Waals surface area contributed by atoms with E-state index in [2.05, 4.69) is 40.0 Å². The predicted octanol–water partition coefficient (Wildman–Crippen LogP) is 4.52. The van der Waals surface area contributed by atoms with E-state index in [9.17, 15) is 0 Å². The van der Waals surface area contributed by atoms with Gasteiger partial charge in [0.25, 0.3) is 0 Å². The smallest absolute Gasteiger partial charge is 0.146 e. The molecule has 8 heteroatoms. The van der Waals surface area contributed by atoms with Crippen LogP contribution < -0.4 is 10.1 Å². The van der Waals surface area contributed by atoms with E-state index in [4.69, 9.17) is 14.8 Å². The molecular weight excluding hydrogens is 390 g/mol. The summed E-state index contributed by atoms with van der Waals surface area (Å²) in [5.74, 6) is 0.724. The van der Waals surface area contributed by atoms with E-state index < -0.39 is 0 Å². The molecular formula is C23H29N7O. The third kappa shape index (κ3) is 4.10. The van der Waals surface area contributed by atoms with Gasteiger partial charge in [-0.05, 0) is 39.3 Å². The predicted molar refractivity (Wildman–Crippen MR) is 122 cm³/mol. The summed E-state index contributed by atoms with van der Waals surface area (Å²) in [6.07, 6.45) is 8.38. The molecule has 1 atom stereocenters. The first-order valence-electron chi connectivity index (χ1n) is 10.7. The summed E-state index contributed by atoms with van der Waals surface area (Å²) < 4.78 is 9.71. The number of nitrogens with one attached hydrogen (secondary N) is 1. The van der Waals surface area contributed by atoms with Crippen LogP contribution in [-0.4, -0.2) is 36.1 Å². The van der Waals surface area contributed by atoms with Gasteiger partial charge >= 0.3 is 0 Å². The molecule has 4 heterocycles. The summed E-state index contributed by atoms with van der Waals surface area (Å²) in [5, 5.41) is 12.7. The van der Waals surface area contributed by atoms with Crippen LogP contribution >= 0.6 is 0 Å². The van der Waals surface area contributed by atoms with Crippen LogP contribution in [0.1, 0.15) is 44.5 Å². The van der Waals surface area contributed by atoms with Crippen LogP contribution in [0.4, 0.5) is 5.69 Å². The highest BCUT2D eigenvalue weighted by Gasteiger charge is 2.20. The van der Waals surface area contributed by atoms with Crippen LogP contribution in [0.5, 0.6) is 5.75 Å². The van der Waals surface area contributed by atoms with E-state index in [1.54, 1.807) is 12.4 Å². The monoisotopic (exact) mass is 419 g/mol. The molecule has 0 aliphatic carbocycles. The van der Waals surface area contributed by atoms with Crippen LogP contribution in [0.2, 0.25) is 0 Å². The Morgan fingerprint density at radius 3 is 2.77 bits per heavy atom. The van der Waals surface area contributed by atoms with Crippen LogP contribution in [0.15, 0.2) is 36.9 Å². The highest BCUT2D eigenvalue weighted by atomic mass is 16.5. The summed E-state index contributed by atoms with van der Waals surface area (Å²) in [6, 6.07) is 4.29. The van der Waals surface area contributed by atoms with Crippen LogP contribution in [-0.2, 0) is 13.6 Å². The number of pyridine rings is 2. The molecule has 0 bridgehead atoms. The largest absolute Gasteiger partial charge is 0.492 e. The maximum atomic E-state index is 5.81. The van der Waals surface area contributed by atoms with Gasteiger partial charge in [-0.1, -0.05) is 6.92 Å². The van der Waals surface area contributed by atoms with Gasteiger partial charge in [-0.3, -0.25) is 14.3 Å². The summed E-state index contributed by atoms with van der Waals surface area (Å²) >= 11 is 0. The van der Waals surface area contributed by atoms with Crippen molar-refractivity contribution < 1.29 is 4.74 Å². The molecule has 0 saturated heterocycles. The van der Waals surface area contributed by atoms with Gasteiger partial charge in [0.05, 0.1) is 36.1 Å². The Morgan fingerprint density at radius 1 is 1.23 bits per heavy atom. The first kappa shape index (κ1) is 20.8. The van der Waals surface area contributed by atoms with Crippen molar-refractivity contribution in [2.45, 2.75) is 46.7 Å². The fraction of sp³-hybridized carbons (Fsp3) is 0.391. The number of aromatic nitrogens is 6. The van der Waals surface area contributed by atoms with Gasteiger partial charge in [0.1, 0.15) is 16.8 Å². The Balaban J connectivity index is 1.87. The molecule has 0 radical (unpaired) electrons. The van der Waals surface area contributed by atoms with Crippen molar-refractivity contribution in [1.29, 1.82) is 0 Å². The molecule has 0 saturated carbocycles. The minimum Gasteiger partial charge on any atom is -0.492 e. The Morgan fingerprint density at radius 2 is 2.06 bits per heavy atom. The van der Waals surface area contributed by atoms with Gasteiger partial charge in [-0.2, -0.15) is 10.2 Å². The highest BCUT2D eigenvalue weighted by Crippen LogP contribution is 2.35. The van der Waals surface area contributed by atoms with E-state index in [1.807, 2.05) is 44.0 Å². The molecule has 0 spiro atoms. The van der Waals surface area contributed by atoms with Crippen molar-refractivity contribution in [2.24, 2.45) is 7.05 Å². The number of rotatable bonds is 8. The molecule has 8 nitrogen and oxygen atoms in total. The minimum atomic E-state index is 0.266. The SMILES string of the molecule is CCOc1cnccc1-c1cc(NCc2cnn(C)c2)c2c(n1)c(C)nn2[C@H](C)CC. The summed E-state index contributed by atoms with van der Waals surface area (Å²) in [4.78, 5) is 9.21. The van der Waals surface area contributed by atoms with Gasteiger partial charge in [-0.25, -0.2) is 4.98 Å². The topological polar surface area (TPSA) is 82.7 Å². The van der Waals surface area contributed by atoms with Crippen molar-refractivity contribution >= 4 is 16.7 Å². The molecule has 0 aliphatic rings. The molecule has 0 fully saturated rings. The molecule has 0 aromatic carbocycles. The zero-order valence-electron chi connectivity index (χ0n) is 18.8. The summed E-state index contributed by atoms with van der Waals surface area (Å²) in [5.41, 5.74) is 6.67. The number of aryl methyl sites for hydroxylation is 2. The lowest BCUT2D eigenvalue weighted by atomic mass is 10.1. The number of hydrogen-bond acceptors (Lipinski definition) is 6. The molecule has 0 amide bonds. The van der Waals surface area contributed by atoms with Gasteiger partial charge in [-0.15, -0.1) is 0 Å². The third-order valence-corrected chi connectivity index (χ3v) is 5.43. The van der Waals surface area contributed by atoms with Crippen molar-refractivity contribution in [1.82, 2.24) is 29.5 Å². The lowest BCUT2D eigenvalue weighted by Crippen LogP contribution is -2.09. The van der Waals surface area contributed by atoms with Crippen LogP contribution in [0, 0.1) is 6.92 Å². The second kappa shape index (κ2) is 8.75. The third-order valence-electron chi connectivity index (χ3n) is 5.43. The van der Waals surface area contributed by atoms with E-state index in [1.165, 1.54) is 0 Å². The molecule has 4 aromatic rings. The molecule has 162 valence electrons. The van der Waals surface area contributed by atoms with E-state index in [0.717, 1.165) is 51.4 Å². The fourth-order valence-electron chi connectivity index (χ4n) is 3.67. The lowest BCUT2D eigenvalue weighted by Gasteiger charge is -2.16. The average molecular weight is 420 g/mol. The van der Waals surface area contributed by atoms with E-state index in [-0.39, 0.29) is 6.04 Å². The normalized spacial score (nSPS) is 12.3. The Kier molecular flexibility index (Phi) is 5.88. The maximum absolute atomic E-state index is 5.81. The summed E-state index contributed by atoms with van der Waals surface area (Å²) in [6.45, 7) is 9.56. The molecule has 0 aliphatic heterocycles. The minimum absolute atomic E-state index is 0.266. The Labute approximate surface area is 182 Å². The van der Waals surface area contributed by atoms with Gasteiger partial charge in [0, 0.05) is 43.2 Å². The van der Waals surface area contributed by atoms with Crippen molar-refractivity contribution in [2.75, 3.05) is 11.9 Å². The summed E-state index contributed by atoms with van der Waals surface area (Å²) in [7, 11) is 1.92. The van der Waals surface area contributed by atoms with Crippen LogP contribution in [0.25, 0.3) is 22.3 Å². The van der Waals surface area contributed by atoms with Crippen LogP contribution in [0.3, 0.4) is 0 Å². The zero-order chi connectivity index (χ0) is 22.0. The fourth-order valence-corrected chi connectivity index (χ4v) is 3.67. The van der Waals surface area contributed by atoms with Crippen molar-refractivity contribution in [3.05, 3.63) is 48.2 Å². The second-order valence-corrected chi connectivity index (χ2v) is 7.72.